The molecule has 2 fully saturated rings. The van der Waals surface area contributed by atoms with E-state index in [9.17, 15) is 4.79 Å². The van der Waals surface area contributed by atoms with Crippen LogP contribution in [0.3, 0.4) is 0 Å². The van der Waals surface area contributed by atoms with Crippen molar-refractivity contribution in [2.45, 2.75) is 90.9 Å². The largest absolute Gasteiger partial charge is 0.323 e. The van der Waals surface area contributed by atoms with Crippen molar-refractivity contribution in [3.05, 3.63) is 0 Å². The first-order chi connectivity index (χ1) is 9.58. The molecule has 0 radical (unpaired) electrons. The summed E-state index contributed by atoms with van der Waals surface area (Å²) in [4.78, 5) is 14.8. The zero-order chi connectivity index (χ0) is 14.7. The highest BCUT2D eigenvalue weighted by molar-refractivity contribution is 5.84. The number of carbonyl (C=O) groups excluding carboxylic acids is 1. The van der Waals surface area contributed by atoms with Gasteiger partial charge in [-0.3, -0.25) is 10.1 Å². The Balaban J connectivity index is 2.01. The van der Waals surface area contributed by atoms with Gasteiger partial charge in [0.2, 0.25) is 5.91 Å². The smallest absolute Gasteiger partial charge is 0.241 e. The highest BCUT2D eigenvalue weighted by Gasteiger charge is 2.43. The fourth-order valence-electron chi connectivity index (χ4n) is 4.01. The predicted octanol–water partition coefficient (Wildman–Crippen LogP) is 3.54. The van der Waals surface area contributed by atoms with Crippen LogP contribution >= 0.6 is 0 Å². The van der Waals surface area contributed by atoms with Crippen molar-refractivity contribution in [3.8, 4) is 0 Å². The van der Waals surface area contributed by atoms with Gasteiger partial charge in [0.05, 0.1) is 12.2 Å². The minimum absolute atomic E-state index is 0.0516. The molecule has 20 heavy (non-hydrogen) atoms. The van der Waals surface area contributed by atoms with Crippen molar-refractivity contribution in [2.75, 3.05) is 0 Å². The van der Waals surface area contributed by atoms with Crippen molar-refractivity contribution in [1.82, 2.24) is 10.2 Å². The Morgan fingerprint density at radius 3 is 2.35 bits per heavy atom. The lowest BCUT2D eigenvalue weighted by atomic mass is 9.82. The normalized spacial score (nSPS) is 35.0. The van der Waals surface area contributed by atoms with Gasteiger partial charge >= 0.3 is 0 Å². The highest BCUT2D eigenvalue weighted by atomic mass is 16.2. The molecule has 1 heterocycles. The Labute approximate surface area is 124 Å². The van der Waals surface area contributed by atoms with Crippen LogP contribution < -0.4 is 5.32 Å². The van der Waals surface area contributed by atoms with Crippen LogP contribution in [0.15, 0.2) is 0 Å². The summed E-state index contributed by atoms with van der Waals surface area (Å²) >= 11 is 0. The second-order valence-corrected chi connectivity index (χ2v) is 7.03. The molecule has 1 amide bonds. The molecule has 0 aromatic rings. The lowest BCUT2D eigenvalue weighted by molar-refractivity contribution is -0.133. The molecule has 0 bridgehead atoms. The minimum Gasteiger partial charge on any atom is -0.323 e. The van der Waals surface area contributed by atoms with Gasteiger partial charge in [-0.25, -0.2) is 0 Å². The number of nitrogens with one attached hydrogen (secondary N) is 1. The quantitative estimate of drug-likeness (QED) is 0.835. The topological polar surface area (TPSA) is 32.3 Å². The standard InChI is InChI=1S/C17H32N2O/c1-5-7-13-8-10-14(11-9-13)19-16(12(3)4)18-15(6-2)17(19)20/h12-16,18H,5-11H2,1-4H3. The molecule has 0 aromatic heterocycles. The fraction of sp³-hybridized carbons (Fsp3) is 0.941. The van der Waals surface area contributed by atoms with Crippen LogP contribution in [0, 0.1) is 11.8 Å². The van der Waals surface area contributed by atoms with E-state index < -0.39 is 0 Å². The van der Waals surface area contributed by atoms with Gasteiger partial charge in [0.25, 0.3) is 0 Å². The van der Waals surface area contributed by atoms with Crippen molar-refractivity contribution >= 4 is 5.91 Å². The molecule has 2 aliphatic rings. The summed E-state index contributed by atoms with van der Waals surface area (Å²) in [6, 6.07) is 0.530. The summed E-state index contributed by atoms with van der Waals surface area (Å²) in [7, 11) is 0. The van der Waals surface area contributed by atoms with Crippen LogP contribution in [0.25, 0.3) is 0 Å². The van der Waals surface area contributed by atoms with Gasteiger partial charge in [-0.2, -0.15) is 0 Å². The van der Waals surface area contributed by atoms with E-state index in [4.69, 9.17) is 0 Å². The molecule has 1 aliphatic heterocycles. The summed E-state index contributed by atoms with van der Waals surface area (Å²) in [5.41, 5.74) is 0. The van der Waals surface area contributed by atoms with Crippen LogP contribution in [0.1, 0.15) is 72.6 Å². The highest BCUT2D eigenvalue weighted by Crippen LogP contribution is 2.34. The van der Waals surface area contributed by atoms with Gasteiger partial charge in [0.1, 0.15) is 0 Å². The van der Waals surface area contributed by atoms with Gasteiger partial charge < -0.3 is 4.90 Å². The number of rotatable bonds is 5. The molecule has 1 saturated carbocycles. The second-order valence-electron chi connectivity index (χ2n) is 7.03. The van der Waals surface area contributed by atoms with Crippen LogP contribution in [0.2, 0.25) is 0 Å². The maximum Gasteiger partial charge on any atom is 0.241 e. The number of hydrogen-bond donors (Lipinski definition) is 1. The van der Waals surface area contributed by atoms with Crippen LogP contribution in [-0.2, 0) is 4.79 Å². The number of nitrogens with zero attached hydrogens (tertiary/aromatic N) is 1. The molecule has 2 rings (SSSR count). The van der Waals surface area contributed by atoms with Crippen LogP contribution in [0.5, 0.6) is 0 Å². The molecule has 1 aliphatic carbocycles. The van der Waals surface area contributed by atoms with Crippen molar-refractivity contribution < 1.29 is 4.79 Å². The van der Waals surface area contributed by atoms with E-state index in [1.54, 1.807) is 0 Å². The summed E-state index contributed by atoms with van der Waals surface area (Å²) in [5.74, 6) is 1.75. The third-order valence-corrected chi connectivity index (χ3v) is 5.17. The average molecular weight is 280 g/mol. The predicted molar refractivity (Wildman–Crippen MR) is 83.3 cm³/mol. The molecule has 0 spiro atoms. The van der Waals surface area contributed by atoms with E-state index in [0.717, 1.165) is 12.3 Å². The minimum atomic E-state index is 0.0516. The Morgan fingerprint density at radius 2 is 1.85 bits per heavy atom. The zero-order valence-corrected chi connectivity index (χ0v) is 13.7. The fourth-order valence-corrected chi connectivity index (χ4v) is 4.01. The first-order valence-electron chi connectivity index (χ1n) is 8.66. The average Bonchev–Trinajstić information content (AvgIpc) is 2.77. The van der Waals surface area contributed by atoms with Crippen LogP contribution in [-0.4, -0.2) is 29.1 Å². The van der Waals surface area contributed by atoms with Gasteiger partial charge in [-0.1, -0.05) is 40.5 Å². The molecule has 2 atom stereocenters. The number of amides is 1. The molecule has 2 unspecified atom stereocenters. The third kappa shape index (κ3) is 3.19. The van der Waals surface area contributed by atoms with E-state index in [-0.39, 0.29) is 12.2 Å². The van der Waals surface area contributed by atoms with Crippen molar-refractivity contribution in [1.29, 1.82) is 0 Å². The monoisotopic (exact) mass is 280 g/mol. The molecule has 3 heteroatoms. The zero-order valence-electron chi connectivity index (χ0n) is 13.7. The van der Waals surface area contributed by atoms with Crippen LogP contribution in [0.4, 0.5) is 0 Å². The van der Waals surface area contributed by atoms with Gasteiger partial charge in [-0.05, 0) is 43.9 Å². The SMILES string of the molecule is CCCC1CCC(N2C(=O)C(CC)NC2C(C)C)CC1. The Hall–Kier alpha value is -0.570. The molecule has 1 saturated heterocycles. The van der Waals surface area contributed by atoms with E-state index in [1.165, 1.54) is 38.5 Å². The van der Waals surface area contributed by atoms with E-state index in [1.807, 2.05) is 0 Å². The van der Waals surface area contributed by atoms with E-state index in [2.05, 4.69) is 37.9 Å². The summed E-state index contributed by atoms with van der Waals surface area (Å²) in [6.45, 7) is 8.83. The van der Waals surface area contributed by atoms with Gasteiger partial charge in [-0.15, -0.1) is 0 Å². The molecule has 116 valence electrons. The lowest BCUT2D eigenvalue weighted by Gasteiger charge is -2.39. The number of hydrogen-bond acceptors (Lipinski definition) is 2. The van der Waals surface area contributed by atoms with Crippen molar-refractivity contribution in [3.63, 3.8) is 0 Å². The first-order valence-corrected chi connectivity index (χ1v) is 8.66. The summed E-state index contributed by atoms with van der Waals surface area (Å²) in [5, 5.41) is 3.55. The van der Waals surface area contributed by atoms with Gasteiger partial charge in [0.15, 0.2) is 0 Å². The lowest BCUT2D eigenvalue weighted by Crippen LogP contribution is -2.48. The third-order valence-electron chi connectivity index (χ3n) is 5.17. The maximum atomic E-state index is 12.6. The summed E-state index contributed by atoms with van der Waals surface area (Å²) in [6.07, 6.45) is 8.85. The molecule has 1 N–H and O–H groups in total. The van der Waals surface area contributed by atoms with E-state index >= 15 is 0 Å². The maximum absolute atomic E-state index is 12.6. The second kappa shape index (κ2) is 6.93. The first kappa shape index (κ1) is 15.8. The van der Waals surface area contributed by atoms with Gasteiger partial charge in [0, 0.05) is 6.04 Å². The summed E-state index contributed by atoms with van der Waals surface area (Å²) < 4.78 is 0. The molecule has 0 aromatic carbocycles. The Kier molecular flexibility index (Phi) is 5.48. The molecular weight excluding hydrogens is 248 g/mol. The Morgan fingerprint density at radius 1 is 1.20 bits per heavy atom. The van der Waals surface area contributed by atoms with Crippen molar-refractivity contribution in [2.24, 2.45) is 11.8 Å². The molecule has 3 nitrogen and oxygen atoms in total. The molecular formula is C17H32N2O. The van der Waals surface area contributed by atoms with E-state index in [0.29, 0.717) is 17.9 Å². The Bertz CT molecular complexity index is 321. The number of carbonyl (C=O) groups is 1.